The van der Waals surface area contributed by atoms with Gasteiger partial charge in [-0.05, 0) is 56.5 Å². The number of aryl methyl sites for hydroxylation is 1. The molecule has 0 radical (unpaired) electrons. The van der Waals surface area contributed by atoms with Gasteiger partial charge in [0.05, 0.1) is 29.5 Å². The number of alkyl halides is 2. The third-order valence-electron chi connectivity index (χ3n) is 5.83. The molecule has 3 N–H and O–H groups in total. The van der Waals surface area contributed by atoms with E-state index in [0.717, 1.165) is 11.1 Å². The molecule has 38 heavy (non-hydrogen) atoms. The Morgan fingerprint density at radius 3 is 2.79 bits per heavy atom. The molecule has 3 heterocycles. The summed E-state index contributed by atoms with van der Waals surface area (Å²) in [6.45, 7) is 6.03. The second-order valence-electron chi connectivity index (χ2n) is 9.65. The molecule has 0 fully saturated rings. The maximum atomic E-state index is 13.1. The first kappa shape index (κ1) is 27.3. The number of carbonyl (C=O) groups excluding carboxylic acids is 1. The number of amides is 1. The van der Waals surface area contributed by atoms with Gasteiger partial charge in [-0.2, -0.15) is 10.1 Å². The van der Waals surface area contributed by atoms with E-state index in [9.17, 15) is 23.8 Å². The maximum absolute atomic E-state index is 13.1. The maximum Gasteiger partial charge on any atom is 0.264 e. The van der Waals surface area contributed by atoms with Gasteiger partial charge in [0.2, 0.25) is 0 Å². The number of nitrogens with zero attached hydrogens (tertiary/aromatic N) is 4. The van der Waals surface area contributed by atoms with Gasteiger partial charge in [-0.25, -0.2) is 13.3 Å². The minimum atomic E-state index is -2.91. The number of nitrogens with one attached hydrogen (secondary N) is 1. The number of rotatable bonds is 11. The van der Waals surface area contributed by atoms with Crippen molar-refractivity contribution in [2.75, 3.05) is 11.9 Å². The number of ether oxygens (including phenoxy) is 1. The Kier molecular flexibility index (Phi) is 8.14. The molecule has 202 valence electrons. The molecule has 0 saturated carbocycles. The number of hydrogen-bond donors (Lipinski definition) is 3. The summed E-state index contributed by atoms with van der Waals surface area (Å²) in [5, 5.41) is 29.9. The SMILES string of the molecule is Cc1ccc(-c2nc(CC(O)C(F)F)no2)cc1NC(=O)c1cnn2cc(COCCC(C)(C)O)ccc12. The zero-order chi connectivity index (χ0) is 27.4. The summed E-state index contributed by atoms with van der Waals surface area (Å²) in [6, 6.07) is 8.73. The summed E-state index contributed by atoms with van der Waals surface area (Å²) in [7, 11) is 0. The van der Waals surface area contributed by atoms with Crippen LogP contribution in [0.1, 0.15) is 47.6 Å². The predicted octanol–water partition coefficient (Wildman–Crippen LogP) is 3.79. The van der Waals surface area contributed by atoms with Gasteiger partial charge in [-0.3, -0.25) is 4.79 Å². The number of carbonyl (C=O) groups is 1. The van der Waals surface area contributed by atoms with E-state index in [0.29, 0.717) is 42.0 Å². The fourth-order valence-corrected chi connectivity index (χ4v) is 3.61. The minimum absolute atomic E-state index is 0.0488. The molecule has 0 bridgehead atoms. The number of fused-ring (bicyclic) bond motifs is 1. The van der Waals surface area contributed by atoms with E-state index in [1.54, 1.807) is 48.8 Å². The smallest absolute Gasteiger partial charge is 0.264 e. The summed E-state index contributed by atoms with van der Waals surface area (Å²) in [5.41, 5.74) is 2.80. The third kappa shape index (κ3) is 6.77. The van der Waals surface area contributed by atoms with Gasteiger partial charge in [0.1, 0.15) is 6.10 Å². The quantitative estimate of drug-likeness (QED) is 0.250. The number of halogens is 2. The van der Waals surface area contributed by atoms with Crippen LogP contribution in [0.25, 0.3) is 17.0 Å². The Morgan fingerprint density at radius 1 is 1.26 bits per heavy atom. The molecular formula is C26H29F2N5O5. The number of aliphatic hydroxyl groups is 2. The van der Waals surface area contributed by atoms with Crippen molar-refractivity contribution < 1.29 is 33.0 Å². The molecule has 1 atom stereocenters. The summed E-state index contributed by atoms with van der Waals surface area (Å²) < 4.78 is 37.6. The van der Waals surface area contributed by atoms with Crippen molar-refractivity contribution in [3.63, 3.8) is 0 Å². The van der Waals surface area contributed by atoms with Crippen LogP contribution in [-0.4, -0.2) is 60.6 Å². The Hall–Kier alpha value is -3.74. The van der Waals surface area contributed by atoms with E-state index in [-0.39, 0.29) is 17.6 Å². The Labute approximate surface area is 217 Å². The molecule has 0 aliphatic heterocycles. The Morgan fingerprint density at radius 2 is 2.05 bits per heavy atom. The number of aliphatic hydroxyl groups excluding tert-OH is 1. The molecule has 12 heteroatoms. The lowest BCUT2D eigenvalue weighted by Gasteiger charge is -2.16. The van der Waals surface area contributed by atoms with Crippen molar-refractivity contribution in [2.45, 2.75) is 58.4 Å². The average Bonchev–Trinajstić information content (AvgIpc) is 3.49. The van der Waals surface area contributed by atoms with Crippen molar-refractivity contribution in [1.29, 1.82) is 0 Å². The summed E-state index contributed by atoms with van der Waals surface area (Å²) in [6.07, 6.45) is -1.48. The van der Waals surface area contributed by atoms with Gasteiger partial charge in [0.15, 0.2) is 5.82 Å². The van der Waals surface area contributed by atoms with Gasteiger partial charge in [0, 0.05) is 30.5 Å². The van der Waals surface area contributed by atoms with Crippen LogP contribution in [0.5, 0.6) is 0 Å². The lowest BCUT2D eigenvalue weighted by molar-refractivity contribution is -0.00495. The van der Waals surface area contributed by atoms with Crippen molar-refractivity contribution in [3.8, 4) is 11.5 Å². The van der Waals surface area contributed by atoms with Crippen molar-refractivity contribution >= 4 is 17.1 Å². The molecule has 0 saturated heterocycles. The molecule has 1 unspecified atom stereocenters. The topological polar surface area (TPSA) is 135 Å². The highest BCUT2D eigenvalue weighted by Gasteiger charge is 2.21. The van der Waals surface area contributed by atoms with Gasteiger partial charge in [0.25, 0.3) is 18.2 Å². The first-order chi connectivity index (χ1) is 18.0. The predicted molar refractivity (Wildman–Crippen MR) is 134 cm³/mol. The van der Waals surface area contributed by atoms with Gasteiger partial charge in [-0.15, -0.1) is 0 Å². The van der Waals surface area contributed by atoms with Crippen LogP contribution >= 0.6 is 0 Å². The van der Waals surface area contributed by atoms with Crippen LogP contribution in [0, 0.1) is 6.92 Å². The van der Waals surface area contributed by atoms with E-state index in [4.69, 9.17) is 9.26 Å². The monoisotopic (exact) mass is 529 g/mol. The lowest BCUT2D eigenvalue weighted by Crippen LogP contribution is -2.20. The normalized spacial score (nSPS) is 12.8. The molecule has 0 aliphatic rings. The molecule has 3 aromatic heterocycles. The molecule has 4 rings (SSSR count). The first-order valence-electron chi connectivity index (χ1n) is 12.0. The summed E-state index contributed by atoms with van der Waals surface area (Å²) in [4.78, 5) is 17.2. The Bertz CT molecular complexity index is 1410. The van der Waals surface area contributed by atoms with Gasteiger partial charge < -0.3 is 24.8 Å². The summed E-state index contributed by atoms with van der Waals surface area (Å²) in [5.74, 6) is -0.349. The largest absolute Gasteiger partial charge is 0.390 e. The number of benzene rings is 1. The molecule has 1 aromatic carbocycles. The number of pyridine rings is 1. The van der Waals surface area contributed by atoms with Crippen molar-refractivity contribution in [3.05, 3.63) is 65.2 Å². The van der Waals surface area contributed by atoms with E-state index >= 15 is 0 Å². The minimum Gasteiger partial charge on any atom is -0.390 e. The van der Waals surface area contributed by atoms with E-state index in [1.165, 1.54) is 6.20 Å². The van der Waals surface area contributed by atoms with E-state index in [1.807, 2.05) is 13.0 Å². The van der Waals surface area contributed by atoms with Crippen molar-refractivity contribution in [2.24, 2.45) is 0 Å². The molecule has 1 amide bonds. The standard InChI is InChI=1S/C26H29F2N5O5/c1-15-4-6-17(25-31-22(32-38-25)11-21(34)23(27)28)10-19(15)30-24(35)18-12-29-33-13-16(5-7-20(18)33)14-37-9-8-26(2,3)36/h4-7,10,12-13,21,23,34,36H,8-9,11,14H2,1-3H3,(H,30,35). The first-order valence-corrected chi connectivity index (χ1v) is 12.0. The van der Waals surface area contributed by atoms with Crippen LogP contribution in [0.2, 0.25) is 0 Å². The van der Waals surface area contributed by atoms with E-state index < -0.39 is 24.6 Å². The highest BCUT2D eigenvalue weighted by molar-refractivity contribution is 6.09. The molecule has 0 aliphatic carbocycles. The van der Waals surface area contributed by atoms with E-state index in [2.05, 4.69) is 20.6 Å². The Balaban J connectivity index is 1.45. The highest BCUT2D eigenvalue weighted by atomic mass is 19.3. The molecular weight excluding hydrogens is 500 g/mol. The lowest BCUT2D eigenvalue weighted by atomic mass is 10.1. The summed E-state index contributed by atoms with van der Waals surface area (Å²) >= 11 is 0. The number of anilines is 1. The van der Waals surface area contributed by atoms with Crippen LogP contribution in [-0.2, 0) is 17.8 Å². The third-order valence-corrected chi connectivity index (χ3v) is 5.83. The zero-order valence-corrected chi connectivity index (χ0v) is 21.2. The van der Waals surface area contributed by atoms with Gasteiger partial charge >= 0.3 is 0 Å². The molecule has 10 nitrogen and oxygen atoms in total. The second kappa shape index (κ2) is 11.3. The fraction of sp³-hybridized carbons (Fsp3) is 0.385. The number of aromatic nitrogens is 4. The van der Waals surface area contributed by atoms with Crippen molar-refractivity contribution in [1.82, 2.24) is 19.8 Å². The van der Waals surface area contributed by atoms with Crippen LogP contribution < -0.4 is 5.32 Å². The van der Waals surface area contributed by atoms with Crippen LogP contribution in [0.4, 0.5) is 14.5 Å². The molecule has 4 aromatic rings. The fourth-order valence-electron chi connectivity index (χ4n) is 3.61. The molecule has 0 spiro atoms. The zero-order valence-electron chi connectivity index (χ0n) is 21.2. The second-order valence-corrected chi connectivity index (χ2v) is 9.65. The van der Waals surface area contributed by atoms with Crippen LogP contribution in [0.15, 0.2) is 47.2 Å². The van der Waals surface area contributed by atoms with Gasteiger partial charge in [-0.1, -0.05) is 17.3 Å². The average molecular weight is 530 g/mol. The highest BCUT2D eigenvalue weighted by Crippen LogP contribution is 2.26. The van der Waals surface area contributed by atoms with Crippen LogP contribution in [0.3, 0.4) is 0 Å². The number of hydrogen-bond acceptors (Lipinski definition) is 8.